The van der Waals surface area contributed by atoms with Gasteiger partial charge in [0.05, 0.1) is 6.04 Å². The van der Waals surface area contributed by atoms with Crippen molar-refractivity contribution >= 4 is 5.91 Å². The largest absolute Gasteiger partial charge is 0.344 e. The molecule has 0 aliphatic heterocycles. The van der Waals surface area contributed by atoms with Crippen LogP contribution in [0.4, 0.5) is 0 Å². The Morgan fingerprint density at radius 2 is 1.80 bits per heavy atom. The van der Waals surface area contributed by atoms with Crippen LogP contribution in [0.25, 0.3) is 0 Å². The Bertz CT molecular complexity index is 171. The van der Waals surface area contributed by atoms with E-state index in [1.807, 2.05) is 7.05 Å². The minimum absolute atomic E-state index is 0.0968. The third kappa shape index (κ3) is 6.50. The molecule has 3 nitrogen and oxygen atoms in total. The Morgan fingerprint density at radius 3 is 2.33 bits per heavy atom. The van der Waals surface area contributed by atoms with E-state index >= 15 is 0 Å². The zero-order valence-corrected chi connectivity index (χ0v) is 10.5. The molecule has 3 heteroatoms. The van der Waals surface area contributed by atoms with Gasteiger partial charge in [-0.2, -0.15) is 0 Å². The molecule has 1 unspecified atom stereocenters. The van der Waals surface area contributed by atoms with Gasteiger partial charge in [-0.25, -0.2) is 0 Å². The monoisotopic (exact) mass is 214 g/mol. The van der Waals surface area contributed by atoms with Crippen molar-refractivity contribution in [2.75, 3.05) is 13.6 Å². The molecule has 0 radical (unpaired) electrons. The second-order valence-corrected chi connectivity index (χ2v) is 4.22. The summed E-state index contributed by atoms with van der Waals surface area (Å²) in [5.41, 5.74) is 5.84. The Kier molecular flexibility index (Phi) is 8.38. The minimum Gasteiger partial charge on any atom is -0.344 e. The lowest BCUT2D eigenvalue weighted by atomic mass is 10.1. The predicted octanol–water partition coefficient (Wildman–Crippen LogP) is 2.15. The topological polar surface area (TPSA) is 46.3 Å². The molecule has 0 aromatic carbocycles. The highest BCUT2D eigenvalue weighted by molar-refractivity contribution is 5.81. The smallest absolute Gasteiger partial charge is 0.239 e. The third-order valence-electron chi connectivity index (χ3n) is 2.66. The van der Waals surface area contributed by atoms with Gasteiger partial charge in [0.2, 0.25) is 5.91 Å². The molecule has 0 saturated carbocycles. The number of hydrogen-bond donors (Lipinski definition) is 1. The van der Waals surface area contributed by atoms with E-state index in [9.17, 15) is 4.79 Å². The number of amides is 1. The molecule has 90 valence electrons. The fourth-order valence-corrected chi connectivity index (χ4v) is 1.53. The number of hydrogen-bond acceptors (Lipinski definition) is 2. The average molecular weight is 214 g/mol. The first-order valence-electron chi connectivity index (χ1n) is 6.14. The lowest BCUT2D eigenvalue weighted by Crippen LogP contribution is -2.42. The zero-order valence-electron chi connectivity index (χ0n) is 10.5. The van der Waals surface area contributed by atoms with Crippen LogP contribution in [0.3, 0.4) is 0 Å². The van der Waals surface area contributed by atoms with Crippen LogP contribution in [-0.4, -0.2) is 30.4 Å². The molecule has 1 amide bonds. The lowest BCUT2D eigenvalue weighted by Gasteiger charge is -2.21. The van der Waals surface area contributed by atoms with Gasteiger partial charge in [-0.3, -0.25) is 4.79 Å². The van der Waals surface area contributed by atoms with Crippen LogP contribution in [-0.2, 0) is 4.79 Å². The number of nitrogens with zero attached hydrogens (tertiary/aromatic N) is 1. The molecule has 0 saturated heterocycles. The van der Waals surface area contributed by atoms with Gasteiger partial charge in [-0.05, 0) is 12.8 Å². The quantitative estimate of drug-likeness (QED) is 0.629. The average Bonchev–Trinajstić information content (AvgIpc) is 2.24. The van der Waals surface area contributed by atoms with Crippen LogP contribution in [0.1, 0.15) is 52.4 Å². The van der Waals surface area contributed by atoms with Gasteiger partial charge in [0, 0.05) is 13.6 Å². The van der Waals surface area contributed by atoms with E-state index in [1.54, 1.807) is 4.90 Å². The van der Waals surface area contributed by atoms with Crippen molar-refractivity contribution in [3.05, 3.63) is 0 Å². The molecule has 0 heterocycles. The van der Waals surface area contributed by atoms with E-state index in [2.05, 4.69) is 13.8 Å². The standard InChI is InChI=1S/C12H26N2O/c1-4-6-8-9-11(13)12(15)14(3)10-7-5-2/h11H,4-10,13H2,1-3H3. The Balaban J connectivity index is 3.75. The first-order valence-corrected chi connectivity index (χ1v) is 6.14. The maximum Gasteiger partial charge on any atom is 0.239 e. The number of carbonyl (C=O) groups excluding carboxylic acids is 1. The van der Waals surface area contributed by atoms with Crippen LogP contribution in [0.15, 0.2) is 0 Å². The molecule has 0 aromatic heterocycles. The van der Waals surface area contributed by atoms with Crippen LogP contribution >= 0.6 is 0 Å². The molecule has 0 aliphatic carbocycles. The molecule has 15 heavy (non-hydrogen) atoms. The molecule has 0 aliphatic rings. The summed E-state index contributed by atoms with van der Waals surface area (Å²) in [6, 6.07) is -0.293. The predicted molar refractivity (Wildman–Crippen MR) is 64.7 cm³/mol. The van der Waals surface area contributed by atoms with E-state index in [-0.39, 0.29) is 11.9 Å². The minimum atomic E-state index is -0.293. The van der Waals surface area contributed by atoms with Gasteiger partial charge in [0.1, 0.15) is 0 Å². The summed E-state index contributed by atoms with van der Waals surface area (Å²) >= 11 is 0. The molecular formula is C12H26N2O. The van der Waals surface area contributed by atoms with Crippen LogP contribution in [0.5, 0.6) is 0 Å². The van der Waals surface area contributed by atoms with Crippen LogP contribution < -0.4 is 5.73 Å². The molecule has 1 atom stereocenters. The first-order chi connectivity index (χ1) is 7.13. The van der Waals surface area contributed by atoms with Crippen molar-refractivity contribution in [1.82, 2.24) is 4.90 Å². The van der Waals surface area contributed by atoms with Crippen molar-refractivity contribution < 1.29 is 4.79 Å². The van der Waals surface area contributed by atoms with Gasteiger partial charge in [0.25, 0.3) is 0 Å². The summed E-state index contributed by atoms with van der Waals surface area (Å²) in [7, 11) is 1.84. The van der Waals surface area contributed by atoms with Crippen molar-refractivity contribution in [2.24, 2.45) is 5.73 Å². The van der Waals surface area contributed by atoms with Crippen LogP contribution in [0.2, 0.25) is 0 Å². The van der Waals surface area contributed by atoms with Gasteiger partial charge >= 0.3 is 0 Å². The maximum absolute atomic E-state index is 11.7. The third-order valence-corrected chi connectivity index (χ3v) is 2.66. The summed E-state index contributed by atoms with van der Waals surface area (Å²) in [5.74, 6) is 0.0968. The summed E-state index contributed by atoms with van der Waals surface area (Å²) in [6.45, 7) is 5.11. The van der Waals surface area contributed by atoms with Gasteiger partial charge in [0.15, 0.2) is 0 Å². The molecule has 0 aromatic rings. The highest BCUT2D eigenvalue weighted by atomic mass is 16.2. The highest BCUT2D eigenvalue weighted by Gasteiger charge is 2.16. The van der Waals surface area contributed by atoms with Crippen molar-refractivity contribution in [1.29, 1.82) is 0 Å². The maximum atomic E-state index is 11.7. The Labute approximate surface area is 94.0 Å². The Hall–Kier alpha value is -0.570. The van der Waals surface area contributed by atoms with E-state index in [4.69, 9.17) is 5.73 Å². The first kappa shape index (κ1) is 14.4. The number of likely N-dealkylation sites (N-methyl/N-ethyl adjacent to an activating group) is 1. The lowest BCUT2D eigenvalue weighted by molar-refractivity contribution is -0.131. The van der Waals surface area contributed by atoms with Crippen molar-refractivity contribution in [2.45, 2.75) is 58.4 Å². The normalized spacial score (nSPS) is 12.5. The van der Waals surface area contributed by atoms with E-state index < -0.39 is 0 Å². The molecule has 0 fully saturated rings. The van der Waals surface area contributed by atoms with E-state index in [1.165, 1.54) is 12.8 Å². The number of nitrogens with two attached hydrogens (primary N) is 1. The van der Waals surface area contributed by atoms with Crippen molar-refractivity contribution in [3.63, 3.8) is 0 Å². The fraction of sp³-hybridized carbons (Fsp3) is 0.917. The molecule has 0 bridgehead atoms. The van der Waals surface area contributed by atoms with E-state index in [0.29, 0.717) is 0 Å². The number of rotatable bonds is 8. The van der Waals surface area contributed by atoms with Gasteiger partial charge in [-0.15, -0.1) is 0 Å². The second kappa shape index (κ2) is 8.72. The van der Waals surface area contributed by atoms with E-state index in [0.717, 1.165) is 32.2 Å². The highest BCUT2D eigenvalue weighted by Crippen LogP contribution is 2.04. The van der Waals surface area contributed by atoms with Gasteiger partial charge in [-0.1, -0.05) is 39.5 Å². The number of unbranched alkanes of at least 4 members (excludes halogenated alkanes) is 3. The fourth-order valence-electron chi connectivity index (χ4n) is 1.53. The van der Waals surface area contributed by atoms with Crippen LogP contribution in [0, 0.1) is 0 Å². The SMILES string of the molecule is CCCCCC(N)C(=O)N(C)CCCC. The molecular weight excluding hydrogens is 188 g/mol. The Morgan fingerprint density at radius 1 is 1.20 bits per heavy atom. The summed E-state index contributed by atoms with van der Waals surface area (Å²) in [4.78, 5) is 13.5. The van der Waals surface area contributed by atoms with Gasteiger partial charge < -0.3 is 10.6 Å². The van der Waals surface area contributed by atoms with Crippen molar-refractivity contribution in [3.8, 4) is 0 Å². The second-order valence-electron chi connectivity index (χ2n) is 4.22. The summed E-state index contributed by atoms with van der Waals surface area (Å²) in [5, 5.41) is 0. The molecule has 2 N–H and O–H groups in total. The molecule has 0 spiro atoms. The summed E-state index contributed by atoms with van der Waals surface area (Å²) < 4.78 is 0. The number of carbonyl (C=O) groups is 1. The summed E-state index contributed by atoms with van der Waals surface area (Å²) in [6.07, 6.45) is 6.40. The zero-order chi connectivity index (χ0) is 11.7. The molecule has 0 rings (SSSR count).